The number of allylic oxidation sites excluding steroid dienone is 2. The summed E-state index contributed by atoms with van der Waals surface area (Å²) in [5.74, 6) is 6.12. The van der Waals surface area contributed by atoms with Crippen molar-refractivity contribution in [3.63, 3.8) is 0 Å². The maximum atomic E-state index is 13.6. The molecule has 0 aromatic heterocycles. The molecule has 2 atom stereocenters. The van der Waals surface area contributed by atoms with Crippen molar-refractivity contribution in [1.29, 1.82) is 0 Å². The van der Waals surface area contributed by atoms with Gasteiger partial charge in [0.25, 0.3) is 0 Å². The lowest BCUT2D eigenvalue weighted by atomic mass is 9.83. The molecule has 0 amide bonds. The van der Waals surface area contributed by atoms with Gasteiger partial charge in [-0.05, 0) is 79.6 Å². The molecule has 0 aliphatic rings. The van der Waals surface area contributed by atoms with Crippen molar-refractivity contribution in [2.24, 2.45) is 11.8 Å². The van der Waals surface area contributed by atoms with Gasteiger partial charge in [-0.25, -0.2) is 4.39 Å². The molecule has 0 saturated heterocycles. The van der Waals surface area contributed by atoms with Gasteiger partial charge in [-0.3, -0.25) is 4.79 Å². The van der Waals surface area contributed by atoms with Crippen LogP contribution in [0.5, 0.6) is 0 Å². The molecular weight excluding hydrogens is 431 g/mol. The highest BCUT2D eigenvalue weighted by Gasteiger charge is 2.22. The van der Waals surface area contributed by atoms with Crippen molar-refractivity contribution in [3.05, 3.63) is 113 Å². The molecule has 35 heavy (non-hydrogen) atoms. The Balaban J connectivity index is 1.72. The third-order valence-corrected chi connectivity index (χ3v) is 6.72. The van der Waals surface area contributed by atoms with Crippen molar-refractivity contribution in [2.45, 2.75) is 53.4 Å². The van der Waals surface area contributed by atoms with E-state index in [0.29, 0.717) is 5.56 Å². The minimum Gasteiger partial charge on any atom is -0.294 e. The quantitative estimate of drug-likeness (QED) is 0.228. The van der Waals surface area contributed by atoms with Crippen molar-refractivity contribution in [3.8, 4) is 11.8 Å². The van der Waals surface area contributed by atoms with Crippen LogP contribution in [-0.2, 0) is 0 Å². The van der Waals surface area contributed by atoms with Gasteiger partial charge in [-0.15, -0.1) is 0 Å². The van der Waals surface area contributed by atoms with Crippen molar-refractivity contribution in [2.75, 3.05) is 0 Å². The van der Waals surface area contributed by atoms with Gasteiger partial charge in [0.1, 0.15) is 5.82 Å². The van der Waals surface area contributed by atoms with Gasteiger partial charge in [-0.2, -0.15) is 0 Å². The van der Waals surface area contributed by atoms with E-state index >= 15 is 0 Å². The van der Waals surface area contributed by atoms with E-state index in [4.69, 9.17) is 0 Å². The van der Waals surface area contributed by atoms with E-state index in [1.165, 1.54) is 28.8 Å². The number of ketones is 1. The van der Waals surface area contributed by atoms with Gasteiger partial charge in [0, 0.05) is 22.6 Å². The first-order valence-electron chi connectivity index (χ1n) is 12.5. The second-order valence-corrected chi connectivity index (χ2v) is 9.38. The zero-order valence-corrected chi connectivity index (χ0v) is 21.3. The fraction of sp³-hybridized carbons (Fsp3) is 0.303. The first kappa shape index (κ1) is 26.2. The fourth-order valence-corrected chi connectivity index (χ4v) is 4.34. The zero-order valence-electron chi connectivity index (χ0n) is 21.3. The molecule has 180 valence electrons. The summed E-state index contributed by atoms with van der Waals surface area (Å²) in [4.78, 5) is 12.9. The van der Waals surface area contributed by atoms with Crippen LogP contribution >= 0.6 is 0 Å². The van der Waals surface area contributed by atoms with Gasteiger partial charge in [0.15, 0.2) is 5.78 Å². The zero-order chi connectivity index (χ0) is 25.2. The lowest BCUT2D eigenvalue weighted by Gasteiger charge is -2.21. The summed E-state index contributed by atoms with van der Waals surface area (Å²) < 4.78 is 13.6. The van der Waals surface area contributed by atoms with Crippen molar-refractivity contribution in [1.82, 2.24) is 0 Å². The normalized spacial score (nSPS) is 13.3. The Labute approximate surface area is 210 Å². The number of rotatable bonds is 9. The Morgan fingerprint density at radius 2 is 1.49 bits per heavy atom. The molecule has 0 heterocycles. The summed E-state index contributed by atoms with van der Waals surface area (Å²) in [6.45, 7) is 8.50. The summed E-state index contributed by atoms with van der Waals surface area (Å²) in [5, 5.41) is 0. The fourth-order valence-electron chi connectivity index (χ4n) is 4.34. The Morgan fingerprint density at radius 3 is 2.11 bits per heavy atom. The van der Waals surface area contributed by atoms with Gasteiger partial charge in [-0.1, -0.05) is 87.1 Å². The highest BCUT2D eigenvalue weighted by atomic mass is 19.1. The SMILES string of the molecule is CCCC(C)=C(CCC(C)C(C)C(=O)c1cccc(F)c1)c1ccc(C#Cc2ccccc2)cc1. The van der Waals surface area contributed by atoms with E-state index in [0.717, 1.165) is 36.8 Å². The van der Waals surface area contributed by atoms with Crippen LogP contribution in [0.4, 0.5) is 4.39 Å². The van der Waals surface area contributed by atoms with Gasteiger partial charge in [0.05, 0.1) is 0 Å². The Hall–Kier alpha value is -3.44. The molecular formula is C33H35FO. The summed E-state index contributed by atoms with van der Waals surface area (Å²) in [6, 6.07) is 24.5. The van der Waals surface area contributed by atoms with E-state index < -0.39 is 0 Å². The number of Topliss-reactive ketones (excluding diaryl/α,β-unsaturated/α-hetero) is 1. The molecule has 0 aliphatic carbocycles. The standard InChI is InChI=1S/C33H35FO/c1-5-10-25(3)32(22-15-24(2)26(4)33(35)30-13-9-14-31(34)23-30)29-20-18-28(19-21-29)17-16-27-11-7-6-8-12-27/h6-9,11-14,18-21,23-24,26H,5,10,15,22H2,1-4H3. The summed E-state index contributed by atoms with van der Waals surface area (Å²) in [6.07, 6.45) is 3.95. The van der Waals surface area contributed by atoms with Crippen LogP contribution in [-0.4, -0.2) is 5.78 Å². The molecule has 0 N–H and O–H groups in total. The number of halogens is 1. The lowest BCUT2D eigenvalue weighted by Crippen LogP contribution is -2.19. The second kappa shape index (κ2) is 12.9. The van der Waals surface area contributed by atoms with Crippen LogP contribution < -0.4 is 0 Å². The van der Waals surface area contributed by atoms with Crippen molar-refractivity contribution < 1.29 is 9.18 Å². The molecule has 2 heteroatoms. The van der Waals surface area contributed by atoms with Crippen LogP contribution in [0, 0.1) is 29.5 Å². The first-order chi connectivity index (χ1) is 16.9. The molecule has 3 aromatic rings. The molecule has 1 nitrogen and oxygen atoms in total. The topological polar surface area (TPSA) is 17.1 Å². The molecule has 0 radical (unpaired) electrons. The summed E-state index contributed by atoms with van der Waals surface area (Å²) in [7, 11) is 0. The molecule has 3 rings (SSSR count). The first-order valence-corrected chi connectivity index (χ1v) is 12.5. The summed E-state index contributed by atoms with van der Waals surface area (Å²) in [5.41, 5.74) is 6.42. The Bertz CT molecular complexity index is 1210. The molecule has 3 aromatic carbocycles. The van der Waals surface area contributed by atoms with E-state index in [-0.39, 0.29) is 23.4 Å². The van der Waals surface area contributed by atoms with Crippen LogP contribution in [0.1, 0.15) is 80.4 Å². The minimum atomic E-state index is -0.368. The predicted molar refractivity (Wildman–Crippen MR) is 145 cm³/mol. The van der Waals surface area contributed by atoms with Gasteiger partial charge < -0.3 is 0 Å². The van der Waals surface area contributed by atoms with Crippen LogP contribution in [0.15, 0.2) is 84.4 Å². The molecule has 0 spiro atoms. The monoisotopic (exact) mass is 466 g/mol. The number of hydrogen-bond acceptors (Lipinski definition) is 1. The van der Waals surface area contributed by atoms with E-state index in [1.807, 2.05) is 37.3 Å². The molecule has 0 bridgehead atoms. The average Bonchev–Trinajstić information content (AvgIpc) is 2.88. The molecule has 0 saturated carbocycles. The average molecular weight is 467 g/mol. The smallest absolute Gasteiger partial charge is 0.166 e. The molecule has 0 aliphatic heterocycles. The van der Waals surface area contributed by atoms with E-state index in [2.05, 4.69) is 56.9 Å². The predicted octanol–water partition coefficient (Wildman–Crippen LogP) is 8.73. The van der Waals surface area contributed by atoms with Crippen molar-refractivity contribution >= 4 is 11.4 Å². The van der Waals surface area contributed by atoms with Crippen LogP contribution in [0.2, 0.25) is 0 Å². The number of benzene rings is 3. The summed E-state index contributed by atoms with van der Waals surface area (Å²) >= 11 is 0. The van der Waals surface area contributed by atoms with Crippen LogP contribution in [0.25, 0.3) is 5.57 Å². The molecule has 2 unspecified atom stereocenters. The highest BCUT2D eigenvalue weighted by molar-refractivity contribution is 5.97. The maximum Gasteiger partial charge on any atom is 0.166 e. The molecule has 0 fully saturated rings. The van der Waals surface area contributed by atoms with Gasteiger partial charge >= 0.3 is 0 Å². The van der Waals surface area contributed by atoms with E-state index in [1.54, 1.807) is 12.1 Å². The number of carbonyl (C=O) groups excluding carboxylic acids is 1. The third-order valence-electron chi connectivity index (χ3n) is 6.72. The Morgan fingerprint density at radius 1 is 0.829 bits per heavy atom. The minimum absolute atomic E-state index is 0.00848. The van der Waals surface area contributed by atoms with Gasteiger partial charge in [0.2, 0.25) is 0 Å². The second-order valence-electron chi connectivity index (χ2n) is 9.38. The maximum absolute atomic E-state index is 13.6. The third kappa shape index (κ3) is 7.52. The largest absolute Gasteiger partial charge is 0.294 e. The van der Waals surface area contributed by atoms with Crippen LogP contribution in [0.3, 0.4) is 0 Å². The lowest BCUT2D eigenvalue weighted by molar-refractivity contribution is 0.0889. The Kier molecular flexibility index (Phi) is 9.62. The highest BCUT2D eigenvalue weighted by Crippen LogP contribution is 2.31. The number of carbonyl (C=O) groups is 1. The van der Waals surface area contributed by atoms with E-state index in [9.17, 15) is 9.18 Å². The number of hydrogen-bond donors (Lipinski definition) is 0.